The van der Waals surface area contributed by atoms with Crippen LogP contribution in [0, 0.1) is 11.3 Å². The minimum atomic E-state index is -0.291. The van der Waals surface area contributed by atoms with Crippen LogP contribution in [-0.2, 0) is 17.6 Å². The maximum atomic E-state index is 12.5. The fourth-order valence-corrected chi connectivity index (χ4v) is 5.32. The minimum absolute atomic E-state index is 0.0849. The van der Waals surface area contributed by atoms with Crippen LogP contribution in [0.3, 0.4) is 0 Å². The van der Waals surface area contributed by atoms with Crippen LogP contribution in [0.15, 0.2) is 35.6 Å². The molecule has 0 spiro atoms. The minimum Gasteiger partial charge on any atom is -0.325 e. The molecule has 1 aliphatic carbocycles. The summed E-state index contributed by atoms with van der Waals surface area (Å²) in [7, 11) is 0. The molecule has 1 aliphatic rings. The van der Waals surface area contributed by atoms with Crippen molar-refractivity contribution in [3.05, 3.63) is 46.6 Å². The molecule has 0 bridgehead atoms. The Morgan fingerprint density at radius 3 is 2.88 bits per heavy atom. The molecule has 0 fully saturated rings. The molecular formula is C19H16N4OS2. The highest BCUT2D eigenvalue weighted by Crippen LogP contribution is 2.40. The number of carbonyl (C=O) groups is 1. The van der Waals surface area contributed by atoms with E-state index >= 15 is 0 Å². The van der Waals surface area contributed by atoms with Gasteiger partial charge in [-0.2, -0.15) is 5.26 Å². The number of carbonyl (C=O) groups excluding carboxylic acids is 1. The molecule has 0 aliphatic heterocycles. The summed E-state index contributed by atoms with van der Waals surface area (Å²) in [6, 6.07) is 8.93. The van der Waals surface area contributed by atoms with Gasteiger partial charge in [-0.05, 0) is 56.0 Å². The second kappa shape index (κ2) is 7.06. The third-order valence-electron chi connectivity index (χ3n) is 4.41. The first-order valence-electron chi connectivity index (χ1n) is 8.38. The molecule has 0 saturated carbocycles. The predicted octanol–water partition coefficient (Wildman–Crippen LogP) is 4.17. The second-order valence-electron chi connectivity index (χ2n) is 6.15. The van der Waals surface area contributed by atoms with E-state index < -0.39 is 0 Å². The highest BCUT2D eigenvalue weighted by atomic mass is 32.2. The van der Waals surface area contributed by atoms with Gasteiger partial charge in [0.15, 0.2) is 0 Å². The van der Waals surface area contributed by atoms with E-state index in [4.69, 9.17) is 5.26 Å². The number of thiophene rings is 1. The average molecular weight is 380 g/mol. The lowest BCUT2D eigenvalue weighted by atomic mass is 10.2. The fraction of sp³-hybridized carbons (Fsp3) is 0.263. The predicted molar refractivity (Wildman–Crippen MR) is 105 cm³/mol. The maximum Gasteiger partial charge on any atom is 0.237 e. The second-order valence-corrected chi connectivity index (χ2v) is 8.57. The van der Waals surface area contributed by atoms with Crippen molar-refractivity contribution in [1.29, 1.82) is 5.26 Å². The van der Waals surface area contributed by atoms with Crippen LogP contribution in [0.2, 0.25) is 0 Å². The van der Waals surface area contributed by atoms with Crippen LogP contribution in [0.4, 0.5) is 5.69 Å². The Hall–Kier alpha value is -2.43. The van der Waals surface area contributed by atoms with Gasteiger partial charge < -0.3 is 5.32 Å². The standard InChI is InChI=1S/C19H16N4OS2/c1-11(17(24)23-13-7-5-12(9-20)6-8-13)25-18-16-14-3-2-4-15(14)26-19(16)22-10-21-18/h5-8,10-11H,2-4H2,1H3,(H,23,24)/t11-/m0/s1. The van der Waals surface area contributed by atoms with E-state index in [9.17, 15) is 4.79 Å². The van der Waals surface area contributed by atoms with Crippen molar-refractivity contribution < 1.29 is 4.79 Å². The molecule has 0 radical (unpaired) electrons. The highest BCUT2D eigenvalue weighted by molar-refractivity contribution is 8.00. The van der Waals surface area contributed by atoms with Gasteiger partial charge in [0.05, 0.1) is 16.9 Å². The van der Waals surface area contributed by atoms with Gasteiger partial charge in [-0.3, -0.25) is 4.79 Å². The Bertz CT molecular complexity index is 1020. The monoisotopic (exact) mass is 380 g/mol. The molecule has 26 heavy (non-hydrogen) atoms. The number of benzene rings is 1. The van der Waals surface area contributed by atoms with Crippen molar-refractivity contribution in [2.24, 2.45) is 0 Å². The Kier molecular flexibility index (Phi) is 4.62. The summed E-state index contributed by atoms with van der Waals surface area (Å²) in [6.45, 7) is 1.88. The Morgan fingerprint density at radius 2 is 2.12 bits per heavy atom. The number of amides is 1. The number of hydrogen-bond acceptors (Lipinski definition) is 6. The normalized spacial score (nSPS) is 14.0. The molecule has 130 valence electrons. The zero-order chi connectivity index (χ0) is 18.1. The first-order valence-corrected chi connectivity index (χ1v) is 10.1. The molecule has 1 N–H and O–H groups in total. The molecule has 0 saturated heterocycles. The summed E-state index contributed by atoms with van der Waals surface area (Å²) in [6.07, 6.45) is 4.96. The van der Waals surface area contributed by atoms with Crippen LogP contribution >= 0.6 is 23.1 Å². The molecule has 4 rings (SSSR count). The first kappa shape index (κ1) is 17.0. The maximum absolute atomic E-state index is 12.5. The quantitative estimate of drug-likeness (QED) is 0.543. The summed E-state index contributed by atoms with van der Waals surface area (Å²) in [5, 5.41) is 13.5. The van der Waals surface area contributed by atoms with Gasteiger partial charge in [0.25, 0.3) is 0 Å². The van der Waals surface area contributed by atoms with Crippen LogP contribution in [0.5, 0.6) is 0 Å². The van der Waals surface area contributed by atoms with E-state index in [1.807, 2.05) is 6.92 Å². The van der Waals surface area contributed by atoms with Gasteiger partial charge in [-0.25, -0.2) is 9.97 Å². The number of fused-ring (bicyclic) bond motifs is 3. The lowest BCUT2D eigenvalue weighted by molar-refractivity contribution is -0.115. The molecule has 7 heteroatoms. The topological polar surface area (TPSA) is 78.7 Å². The molecule has 5 nitrogen and oxygen atoms in total. The SMILES string of the molecule is C[C@H](Sc1ncnc2sc3c(c12)CCC3)C(=O)Nc1ccc(C#N)cc1. The smallest absolute Gasteiger partial charge is 0.237 e. The Balaban J connectivity index is 1.52. The van der Waals surface area contributed by atoms with Crippen molar-refractivity contribution in [1.82, 2.24) is 9.97 Å². The molecule has 2 heterocycles. The van der Waals surface area contributed by atoms with Gasteiger partial charge in [0.1, 0.15) is 16.2 Å². The Labute approximate surface area is 159 Å². The number of nitriles is 1. The lowest BCUT2D eigenvalue weighted by Gasteiger charge is -2.12. The van der Waals surface area contributed by atoms with E-state index in [1.165, 1.54) is 28.6 Å². The van der Waals surface area contributed by atoms with Gasteiger partial charge >= 0.3 is 0 Å². The van der Waals surface area contributed by atoms with Crippen molar-refractivity contribution in [2.45, 2.75) is 36.5 Å². The van der Waals surface area contributed by atoms with E-state index in [0.29, 0.717) is 11.3 Å². The van der Waals surface area contributed by atoms with Gasteiger partial charge in [0.2, 0.25) is 5.91 Å². The molecule has 2 aromatic heterocycles. The van der Waals surface area contributed by atoms with Crippen molar-refractivity contribution in [3.8, 4) is 6.07 Å². The largest absolute Gasteiger partial charge is 0.325 e. The van der Waals surface area contributed by atoms with Crippen LogP contribution in [-0.4, -0.2) is 21.1 Å². The third kappa shape index (κ3) is 3.18. The molecular weight excluding hydrogens is 364 g/mol. The number of hydrogen-bond donors (Lipinski definition) is 1. The number of rotatable bonds is 4. The zero-order valence-electron chi connectivity index (χ0n) is 14.2. The molecule has 3 aromatic rings. The van der Waals surface area contributed by atoms with Crippen molar-refractivity contribution in [2.75, 3.05) is 5.32 Å². The number of thioether (sulfide) groups is 1. The summed E-state index contributed by atoms with van der Waals surface area (Å²) >= 11 is 3.22. The number of nitrogens with zero attached hydrogens (tertiary/aromatic N) is 3. The van der Waals surface area contributed by atoms with E-state index in [1.54, 1.807) is 41.9 Å². The van der Waals surface area contributed by atoms with Gasteiger partial charge in [0, 0.05) is 16.0 Å². The van der Waals surface area contributed by atoms with Gasteiger partial charge in [-0.15, -0.1) is 11.3 Å². The summed E-state index contributed by atoms with van der Waals surface area (Å²) in [5.41, 5.74) is 2.62. The van der Waals surface area contributed by atoms with Crippen LogP contribution in [0.1, 0.15) is 29.3 Å². The Morgan fingerprint density at radius 1 is 1.31 bits per heavy atom. The summed E-state index contributed by atoms with van der Waals surface area (Å²) in [5.74, 6) is -0.0849. The molecule has 0 unspecified atom stereocenters. The average Bonchev–Trinajstić information content (AvgIpc) is 3.23. The summed E-state index contributed by atoms with van der Waals surface area (Å²) in [4.78, 5) is 23.8. The van der Waals surface area contributed by atoms with E-state index in [0.717, 1.165) is 28.1 Å². The number of aromatic nitrogens is 2. The zero-order valence-corrected chi connectivity index (χ0v) is 15.8. The number of anilines is 1. The molecule has 1 atom stereocenters. The lowest BCUT2D eigenvalue weighted by Crippen LogP contribution is -2.22. The third-order valence-corrected chi connectivity index (χ3v) is 6.71. The van der Waals surface area contributed by atoms with E-state index in [-0.39, 0.29) is 11.2 Å². The highest BCUT2D eigenvalue weighted by Gasteiger charge is 2.23. The van der Waals surface area contributed by atoms with Crippen molar-refractivity contribution >= 4 is 44.9 Å². The van der Waals surface area contributed by atoms with Gasteiger partial charge in [-0.1, -0.05) is 11.8 Å². The van der Waals surface area contributed by atoms with Crippen molar-refractivity contribution in [3.63, 3.8) is 0 Å². The van der Waals surface area contributed by atoms with Crippen LogP contribution < -0.4 is 5.32 Å². The summed E-state index contributed by atoms with van der Waals surface area (Å²) < 4.78 is 0. The van der Waals surface area contributed by atoms with E-state index in [2.05, 4.69) is 21.4 Å². The fourth-order valence-electron chi connectivity index (χ4n) is 3.08. The molecule has 1 aromatic carbocycles. The van der Waals surface area contributed by atoms with Crippen LogP contribution in [0.25, 0.3) is 10.2 Å². The number of aryl methyl sites for hydroxylation is 2. The molecule has 1 amide bonds. The first-order chi connectivity index (χ1) is 12.7. The number of nitrogens with one attached hydrogen (secondary N) is 1.